The summed E-state index contributed by atoms with van der Waals surface area (Å²) in [5.41, 5.74) is 8.62. The molecule has 0 saturated carbocycles. The van der Waals surface area contributed by atoms with Crippen molar-refractivity contribution in [2.45, 2.75) is 40.5 Å². The van der Waals surface area contributed by atoms with Crippen molar-refractivity contribution in [3.8, 4) is 5.88 Å². The molecule has 1 rings (SSSR count). The van der Waals surface area contributed by atoms with Gasteiger partial charge < -0.3 is 15.4 Å². The lowest BCUT2D eigenvalue weighted by Crippen LogP contribution is -2.28. The minimum absolute atomic E-state index is 0.328. The van der Waals surface area contributed by atoms with Crippen LogP contribution in [-0.2, 0) is 12.8 Å². The van der Waals surface area contributed by atoms with E-state index >= 15 is 0 Å². The number of nitrogens with zero attached hydrogens (tertiary/aromatic N) is 3. The van der Waals surface area contributed by atoms with E-state index in [4.69, 9.17) is 22.7 Å². The van der Waals surface area contributed by atoms with Gasteiger partial charge in [0.1, 0.15) is 11.6 Å². The largest absolute Gasteiger partial charge is 0.475 e. The van der Waals surface area contributed by atoms with Gasteiger partial charge in [0.15, 0.2) is 0 Å². The summed E-state index contributed by atoms with van der Waals surface area (Å²) in [7, 11) is 0. The number of hydrogen-bond acceptors (Lipinski definition) is 5. The van der Waals surface area contributed by atoms with Crippen LogP contribution in [0.25, 0.3) is 0 Å². The zero-order chi connectivity index (χ0) is 15.8. The SMILES string of the molecule is CCc1nnc(OCCN(CC)CC)c(C(N)=S)c1CC. The summed E-state index contributed by atoms with van der Waals surface area (Å²) in [6.45, 7) is 11.8. The van der Waals surface area contributed by atoms with Gasteiger partial charge in [-0.05, 0) is 31.5 Å². The lowest BCUT2D eigenvalue weighted by Gasteiger charge is -2.19. The molecule has 0 amide bonds. The zero-order valence-electron chi connectivity index (χ0n) is 13.5. The Morgan fingerprint density at radius 3 is 2.29 bits per heavy atom. The molecule has 5 nitrogen and oxygen atoms in total. The molecule has 0 aliphatic carbocycles. The van der Waals surface area contributed by atoms with Crippen molar-refractivity contribution < 1.29 is 4.74 Å². The second-order valence-corrected chi connectivity index (χ2v) is 5.19. The van der Waals surface area contributed by atoms with Gasteiger partial charge in [0.25, 0.3) is 0 Å². The maximum Gasteiger partial charge on any atom is 0.244 e. The first-order chi connectivity index (χ1) is 10.1. The fourth-order valence-corrected chi connectivity index (χ4v) is 2.53. The highest BCUT2D eigenvalue weighted by atomic mass is 32.1. The van der Waals surface area contributed by atoms with E-state index in [2.05, 4.69) is 35.9 Å². The lowest BCUT2D eigenvalue weighted by atomic mass is 10.0. The number of likely N-dealkylation sites (N-methyl/N-ethyl adjacent to an activating group) is 1. The van der Waals surface area contributed by atoms with Crippen LogP contribution >= 0.6 is 12.2 Å². The highest BCUT2D eigenvalue weighted by Crippen LogP contribution is 2.22. The van der Waals surface area contributed by atoms with Crippen molar-refractivity contribution in [2.75, 3.05) is 26.2 Å². The third-order valence-corrected chi connectivity index (χ3v) is 3.81. The van der Waals surface area contributed by atoms with E-state index in [-0.39, 0.29) is 0 Å². The van der Waals surface area contributed by atoms with Crippen LogP contribution < -0.4 is 10.5 Å². The molecular weight excluding hydrogens is 284 g/mol. The van der Waals surface area contributed by atoms with Crippen LogP contribution in [-0.4, -0.2) is 46.3 Å². The van der Waals surface area contributed by atoms with Crippen molar-refractivity contribution >= 4 is 17.2 Å². The first-order valence-corrected chi connectivity index (χ1v) is 8.03. The summed E-state index contributed by atoms with van der Waals surface area (Å²) in [5, 5.41) is 8.41. The molecule has 21 heavy (non-hydrogen) atoms. The van der Waals surface area contributed by atoms with Gasteiger partial charge in [0.2, 0.25) is 5.88 Å². The highest BCUT2D eigenvalue weighted by Gasteiger charge is 2.17. The molecule has 1 aromatic heterocycles. The standard InChI is InChI=1S/C15H26N4OS/c1-5-11-12(6-2)17-18-15(13(11)14(16)21)20-10-9-19(7-3)8-4/h5-10H2,1-4H3,(H2,16,21). The van der Waals surface area contributed by atoms with Gasteiger partial charge in [-0.2, -0.15) is 5.10 Å². The van der Waals surface area contributed by atoms with E-state index in [9.17, 15) is 0 Å². The summed E-state index contributed by atoms with van der Waals surface area (Å²) in [6, 6.07) is 0. The molecule has 2 N–H and O–H groups in total. The molecule has 0 atom stereocenters. The second-order valence-electron chi connectivity index (χ2n) is 4.75. The van der Waals surface area contributed by atoms with E-state index < -0.39 is 0 Å². The number of hydrogen-bond donors (Lipinski definition) is 1. The highest BCUT2D eigenvalue weighted by molar-refractivity contribution is 7.80. The number of thiocarbonyl (C=S) groups is 1. The third-order valence-electron chi connectivity index (χ3n) is 3.60. The molecule has 0 aliphatic rings. The molecule has 118 valence electrons. The number of rotatable bonds is 9. The van der Waals surface area contributed by atoms with Crippen molar-refractivity contribution in [1.82, 2.24) is 15.1 Å². The molecule has 0 radical (unpaired) electrons. The van der Waals surface area contributed by atoms with Crippen LogP contribution in [0, 0.1) is 0 Å². The topological polar surface area (TPSA) is 64.3 Å². The molecule has 1 aromatic rings. The number of aryl methyl sites for hydroxylation is 1. The molecule has 6 heteroatoms. The minimum Gasteiger partial charge on any atom is -0.475 e. The molecule has 0 aromatic carbocycles. The maximum absolute atomic E-state index is 5.87. The fourth-order valence-electron chi connectivity index (χ4n) is 2.32. The van der Waals surface area contributed by atoms with E-state index in [0.29, 0.717) is 17.5 Å². The van der Waals surface area contributed by atoms with Gasteiger partial charge in [0, 0.05) is 6.54 Å². The van der Waals surface area contributed by atoms with Crippen LogP contribution in [0.2, 0.25) is 0 Å². The summed E-state index contributed by atoms with van der Waals surface area (Å²) in [4.78, 5) is 2.61. The van der Waals surface area contributed by atoms with Gasteiger partial charge in [-0.15, -0.1) is 5.10 Å². The Kier molecular flexibility index (Phi) is 7.53. The predicted octanol–water partition coefficient (Wildman–Crippen LogP) is 1.96. The van der Waals surface area contributed by atoms with Gasteiger partial charge in [-0.25, -0.2) is 0 Å². The molecule has 0 spiro atoms. The fraction of sp³-hybridized carbons (Fsp3) is 0.667. The van der Waals surface area contributed by atoms with E-state index in [1.807, 2.05) is 6.92 Å². The number of aromatic nitrogens is 2. The van der Waals surface area contributed by atoms with E-state index in [1.165, 1.54) is 0 Å². The van der Waals surface area contributed by atoms with Gasteiger partial charge in [0.05, 0.1) is 11.3 Å². The zero-order valence-corrected chi connectivity index (χ0v) is 14.3. The maximum atomic E-state index is 5.87. The molecule has 0 bridgehead atoms. The van der Waals surface area contributed by atoms with Gasteiger partial charge in [-0.3, -0.25) is 0 Å². The first kappa shape index (κ1) is 17.8. The number of ether oxygens (including phenoxy) is 1. The lowest BCUT2D eigenvalue weighted by molar-refractivity contribution is 0.216. The molecule has 0 saturated heterocycles. The summed E-state index contributed by atoms with van der Waals surface area (Å²) in [6.07, 6.45) is 1.63. The van der Waals surface area contributed by atoms with E-state index in [0.717, 1.165) is 49.3 Å². The quantitative estimate of drug-likeness (QED) is 0.703. The summed E-state index contributed by atoms with van der Waals surface area (Å²) >= 11 is 5.18. The Morgan fingerprint density at radius 1 is 1.14 bits per heavy atom. The van der Waals surface area contributed by atoms with Crippen molar-refractivity contribution in [3.63, 3.8) is 0 Å². The van der Waals surface area contributed by atoms with Crippen LogP contribution in [0.4, 0.5) is 0 Å². The van der Waals surface area contributed by atoms with Crippen molar-refractivity contribution in [2.24, 2.45) is 5.73 Å². The van der Waals surface area contributed by atoms with Crippen molar-refractivity contribution in [3.05, 3.63) is 16.8 Å². The summed E-state index contributed by atoms with van der Waals surface area (Å²) in [5.74, 6) is 0.462. The molecule has 0 fully saturated rings. The van der Waals surface area contributed by atoms with Crippen LogP contribution in [0.3, 0.4) is 0 Å². The van der Waals surface area contributed by atoms with Crippen LogP contribution in [0.1, 0.15) is 44.5 Å². The molecule has 1 heterocycles. The predicted molar refractivity (Wildman–Crippen MR) is 90.0 cm³/mol. The smallest absolute Gasteiger partial charge is 0.244 e. The minimum atomic E-state index is 0.328. The Bertz CT molecular complexity index is 475. The Labute approximate surface area is 132 Å². The van der Waals surface area contributed by atoms with Crippen LogP contribution in [0.5, 0.6) is 5.88 Å². The Balaban J connectivity index is 2.94. The second kappa shape index (κ2) is 8.89. The van der Waals surface area contributed by atoms with Crippen LogP contribution in [0.15, 0.2) is 0 Å². The first-order valence-electron chi connectivity index (χ1n) is 7.62. The third kappa shape index (κ3) is 4.61. The number of nitrogens with two attached hydrogens (primary N) is 1. The summed E-state index contributed by atoms with van der Waals surface area (Å²) < 4.78 is 5.79. The monoisotopic (exact) mass is 310 g/mol. The Morgan fingerprint density at radius 2 is 1.81 bits per heavy atom. The molecule has 0 aliphatic heterocycles. The molecule has 0 unspecified atom stereocenters. The van der Waals surface area contributed by atoms with Gasteiger partial charge >= 0.3 is 0 Å². The molecular formula is C15H26N4OS. The average Bonchev–Trinajstić information content (AvgIpc) is 2.50. The normalized spacial score (nSPS) is 10.9. The van der Waals surface area contributed by atoms with E-state index in [1.54, 1.807) is 0 Å². The average molecular weight is 310 g/mol. The Hall–Kier alpha value is -1.27. The van der Waals surface area contributed by atoms with Crippen molar-refractivity contribution in [1.29, 1.82) is 0 Å². The van der Waals surface area contributed by atoms with Gasteiger partial charge in [-0.1, -0.05) is 39.9 Å².